The molecular weight excluding hydrogens is 359 g/mol. The summed E-state index contributed by atoms with van der Waals surface area (Å²) in [5, 5.41) is 4.16. The number of nitrogens with one attached hydrogen (secondary N) is 1. The van der Waals surface area contributed by atoms with Crippen LogP contribution < -0.4 is 5.32 Å². The second kappa shape index (κ2) is 7.29. The number of aromatic nitrogens is 1. The van der Waals surface area contributed by atoms with E-state index >= 15 is 0 Å². The summed E-state index contributed by atoms with van der Waals surface area (Å²) in [6.07, 6.45) is -0.970. The van der Waals surface area contributed by atoms with E-state index in [1.54, 1.807) is 32.0 Å². The van der Waals surface area contributed by atoms with Crippen molar-refractivity contribution in [3.05, 3.63) is 43.8 Å². The van der Waals surface area contributed by atoms with E-state index in [0.29, 0.717) is 26.3 Å². The minimum absolute atomic E-state index is 0.396. The van der Waals surface area contributed by atoms with E-state index in [4.69, 9.17) is 27.9 Å². The van der Waals surface area contributed by atoms with Gasteiger partial charge in [-0.15, -0.1) is 11.3 Å². The average molecular weight is 373 g/mol. The summed E-state index contributed by atoms with van der Waals surface area (Å²) in [5.74, 6) is -1.05. The van der Waals surface area contributed by atoms with Crippen molar-refractivity contribution >= 4 is 52.1 Å². The average Bonchev–Trinajstić information content (AvgIpc) is 2.76. The maximum Gasteiger partial charge on any atom is 0.351 e. The number of rotatable bonds is 4. The molecule has 0 aliphatic heterocycles. The van der Waals surface area contributed by atoms with Gasteiger partial charge in [-0.1, -0.05) is 23.2 Å². The predicted molar refractivity (Wildman–Crippen MR) is 91.6 cm³/mol. The Kier molecular flexibility index (Phi) is 5.62. The summed E-state index contributed by atoms with van der Waals surface area (Å²) >= 11 is 13.0. The molecule has 0 saturated carbocycles. The molecule has 1 heterocycles. The van der Waals surface area contributed by atoms with Gasteiger partial charge in [0.1, 0.15) is 4.88 Å². The van der Waals surface area contributed by atoms with Crippen LogP contribution in [0.15, 0.2) is 18.2 Å². The Morgan fingerprint density at radius 3 is 2.35 bits per heavy atom. The van der Waals surface area contributed by atoms with Crippen LogP contribution in [0, 0.1) is 13.8 Å². The van der Waals surface area contributed by atoms with Crippen molar-refractivity contribution in [3.8, 4) is 0 Å². The van der Waals surface area contributed by atoms with Gasteiger partial charge in [0.2, 0.25) is 0 Å². The van der Waals surface area contributed by atoms with Gasteiger partial charge in [-0.3, -0.25) is 4.79 Å². The number of carbonyl (C=O) groups excluding carboxylic acids is 2. The summed E-state index contributed by atoms with van der Waals surface area (Å²) < 4.78 is 5.18. The van der Waals surface area contributed by atoms with Crippen molar-refractivity contribution in [1.29, 1.82) is 0 Å². The molecule has 5 nitrogen and oxygen atoms in total. The largest absolute Gasteiger partial charge is 0.448 e. The zero-order chi connectivity index (χ0) is 17.1. The van der Waals surface area contributed by atoms with Gasteiger partial charge in [-0.2, -0.15) is 0 Å². The monoisotopic (exact) mass is 372 g/mol. The lowest BCUT2D eigenvalue weighted by Crippen LogP contribution is -2.30. The number of amides is 1. The van der Waals surface area contributed by atoms with Gasteiger partial charge < -0.3 is 10.1 Å². The minimum Gasteiger partial charge on any atom is -0.448 e. The van der Waals surface area contributed by atoms with Gasteiger partial charge in [0.25, 0.3) is 5.91 Å². The number of nitrogens with zero attached hydrogens (tertiary/aromatic N) is 1. The van der Waals surface area contributed by atoms with Gasteiger partial charge in [0, 0.05) is 15.7 Å². The number of hydrogen-bond donors (Lipinski definition) is 1. The SMILES string of the molecule is Cc1nc(C)c(C(=O)OC(C)C(=O)Nc2cc(Cl)cc(Cl)c2)s1. The van der Waals surface area contributed by atoms with Gasteiger partial charge in [0.15, 0.2) is 6.10 Å². The number of carbonyl (C=O) groups is 2. The van der Waals surface area contributed by atoms with Crippen LogP contribution in [0.1, 0.15) is 27.3 Å². The number of halogens is 2. The van der Waals surface area contributed by atoms with Crippen LogP contribution >= 0.6 is 34.5 Å². The number of aryl methyl sites for hydroxylation is 2. The molecule has 0 radical (unpaired) electrons. The van der Waals surface area contributed by atoms with Crippen LogP contribution in [-0.4, -0.2) is 23.0 Å². The van der Waals surface area contributed by atoms with E-state index in [2.05, 4.69) is 10.3 Å². The zero-order valence-electron chi connectivity index (χ0n) is 12.6. The summed E-state index contributed by atoms with van der Waals surface area (Å²) in [4.78, 5) is 28.7. The fourth-order valence-electron chi connectivity index (χ4n) is 1.86. The standard InChI is InChI=1S/C15H14Cl2N2O3S/c1-7-13(23-9(3)18-7)15(21)22-8(2)14(20)19-12-5-10(16)4-11(17)6-12/h4-6,8H,1-3H3,(H,19,20). The molecule has 23 heavy (non-hydrogen) atoms. The molecule has 122 valence electrons. The molecule has 2 aromatic rings. The molecule has 0 aliphatic carbocycles. The topological polar surface area (TPSA) is 68.3 Å². The third-order valence-corrected chi connectivity index (χ3v) is 4.36. The van der Waals surface area contributed by atoms with Gasteiger partial charge in [-0.05, 0) is 39.0 Å². The van der Waals surface area contributed by atoms with Gasteiger partial charge >= 0.3 is 5.97 Å². The first-order valence-electron chi connectivity index (χ1n) is 6.68. The van der Waals surface area contributed by atoms with E-state index < -0.39 is 18.0 Å². The fraction of sp³-hybridized carbons (Fsp3) is 0.267. The molecule has 1 aromatic heterocycles. The highest BCUT2D eigenvalue weighted by Gasteiger charge is 2.22. The third kappa shape index (κ3) is 4.67. The number of anilines is 1. The third-order valence-electron chi connectivity index (χ3n) is 2.87. The second-order valence-corrected chi connectivity index (χ2v) is 6.92. The molecule has 2 rings (SSSR count). The number of hydrogen-bond acceptors (Lipinski definition) is 5. The second-order valence-electron chi connectivity index (χ2n) is 4.84. The first-order valence-corrected chi connectivity index (χ1v) is 8.25. The summed E-state index contributed by atoms with van der Waals surface area (Å²) in [7, 11) is 0. The highest BCUT2D eigenvalue weighted by Crippen LogP contribution is 2.23. The Morgan fingerprint density at radius 2 is 1.83 bits per heavy atom. The highest BCUT2D eigenvalue weighted by molar-refractivity contribution is 7.13. The van der Waals surface area contributed by atoms with Gasteiger partial charge in [-0.25, -0.2) is 9.78 Å². The first kappa shape index (κ1) is 17.7. The van der Waals surface area contributed by atoms with Crippen LogP contribution in [-0.2, 0) is 9.53 Å². The lowest BCUT2D eigenvalue weighted by atomic mass is 10.3. The van der Waals surface area contributed by atoms with Gasteiger partial charge in [0.05, 0.1) is 10.7 Å². The summed E-state index contributed by atoms with van der Waals surface area (Å²) in [5.41, 5.74) is 1.02. The molecule has 0 saturated heterocycles. The molecule has 0 bridgehead atoms. The Bertz CT molecular complexity index is 741. The Labute approximate surface area is 147 Å². The van der Waals surface area contributed by atoms with E-state index in [1.807, 2.05) is 0 Å². The van der Waals surface area contributed by atoms with E-state index in [1.165, 1.54) is 18.3 Å². The Balaban J connectivity index is 2.02. The number of esters is 1. The van der Waals surface area contributed by atoms with Crippen molar-refractivity contribution < 1.29 is 14.3 Å². The highest BCUT2D eigenvalue weighted by atomic mass is 35.5. The molecule has 0 spiro atoms. The van der Waals surface area contributed by atoms with Crippen molar-refractivity contribution in [1.82, 2.24) is 4.98 Å². The van der Waals surface area contributed by atoms with Crippen molar-refractivity contribution in [2.45, 2.75) is 26.9 Å². The van der Waals surface area contributed by atoms with E-state index in [-0.39, 0.29) is 0 Å². The Morgan fingerprint density at radius 1 is 1.22 bits per heavy atom. The zero-order valence-corrected chi connectivity index (χ0v) is 15.0. The first-order chi connectivity index (χ1) is 10.8. The minimum atomic E-state index is -0.970. The van der Waals surface area contributed by atoms with Crippen LogP contribution in [0.25, 0.3) is 0 Å². The molecule has 1 N–H and O–H groups in total. The van der Waals surface area contributed by atoms with E-state index in [9.17, 15) is 9.59 Å². The van der Waals surface area contributed by atoms with Crippen LogP contribution in [0.4, 0.5) is 5.69 Å². The summed E-state index contributed by atoms with van der Waals surface area (Å²) in [6.45, 7) is 5.01. The lowest BCUT2D eigenvalue weighted by molar-refractivity contribution is -0.123. The van der Waals surface area contributed by atoms with Crippen molar-refractivity contribution in [2.24, 2.45) is 0 Å². The number of thiazole rings is 1. The molecule has 1 unspecified atom stereocenters. The van der Waals surface area contributed by atoms with Crippen LogP contribution in [0.5, 0.6) is 0 Å². The molecule has 0 aliphatic rings. The molecule has 1 aromatic carbocycles. The summed E-state index contributed by atoms with van der Waals surface area (Å²) in [6, 6.07) is 4.66. The molecule has 8 heteroatoms. The van der Waals surface area contributed by atoms with Crippen molar-refractivity contribution in [2.75, 3.05) is 5.32 Å². The number of ether oxygens (including phenoxy) is 1. The molecule has 1 amide bonds. The smallest absolute Gasteiger partial charge is 0.351 e. The quantitative estimate of drug-likeness (QED) is 0.814. The molecule has 1 atom stereocenters. The van der Waals surface area contributed by atoms with E-state index in [0.717, 1.165) is 5.01 Å². The molecular formula is C15H14Cl2N2O3S. The van der Waals surface area contributed by atoms with Crippen LogP contribution in [0.3, 0.4) is 0 Å². The maximum atomic E-state index is 12.1. The Hall–Kier alpha value is -1.63. The predicted octanol–water partition coefficient (Wildman–Crippen LogP) is 4.25. The molecule has 0 fully saturated rings. The lowest BCUT2D eigenvalue weighted by Gasteiger charge is -2.13. The van der Waals surface area contributed by atoms with Crippen molar-refractivity contribution in [3.63, 3.8) is 0 Å². The normalized spacial score (nSPS) is 11.9. The number of benzene rings is 1. The maximum absolute atomic E-state index is 12.1. The van der Waals surface area contributed by atoms with Crippen LogP contribution in [0.2, 0.25) is 10.0 Å². The fourth-order valence-corrected chi connectivity index (χ4v) is 3.19.